The van der Waals surface area contributed by atoms with E-state index in [2.05, 4.69) is 54.4 Å². The predicted octanol–water partition coefficient (Wildman–Crippen LogP) is 3.95. The van der Waals surface area contributed by atoms with Gasteiger partial charge in [-0.15, -0.1) is 0 Å². The Morgan fingerprint density at radius 1 is 1.13 bits per heavy atom. The van der Waals surface area contributed by atoms with Crippen LogP contribution in [0.4, 0.5) is 0 Å². The first kappa shape index (κ1) is 19.7. The van der Waals surface area contributed by atoms with E-state index in [1.807, 2.05) is 11.0 Å². The zero-order valence-corrected chi connectivity index (χ0v) is 17.8. The number of primary amides is 1. The molecule has 5 rings (SSSR count). The summed E-state index contributed by atoms with van der Waals surface area (Å²) < 4.78 is 0. The van der Waals surface area contributed by atoms with Crippen molar-refractivity contribution in [3.63, 3.8) is 0 Å². The number of carbonyl (C=O) groups excluding carboxylic acids is 2. The van der Waals surface area contributed by atoms with Gasteiger partial charge in [0.05, 0.1) is 0 Å². The minimum atomic E-state index is -0.507. The van der Waals surface area contributed by atoms with E-state index in [1.54, 1.807) is 6.08 Å². The fourth-order valence-corrected chi connectivity index (χ4v) is 5.00. The Hall–Kier alpha value is -3.21. The first-order valence-electron chi connectivity index (χ1n) is 11.1. The smallest absolute Gasteiger partial charge is 0.267 e. The third-order valence-electron chi connectivity index (χ3n) is 6.86. The second-order valence-electron chi connectivity index (χ2n) is 8.90. The predicted molar refractivity (Wildman–Crippen MR) is 123 cm³/mol. The summed E-state index contributed by atoms with van der Waals surface area (Å²) in [6.45, 7) is 3.40. The van der Waals surface area contributed by atoms with Gasteiger partial charge < -0.3 is 10.6 Å². The van der Waals surface area contributed by atoms with Crippen molar-refractivity contribution in [2.24, 2.45) is 22.6 Å². The Morgan fingerprint density at radius 3 is 2.77 bits per heavy atom. The molecular weight excluding hydrogens is 386 g/mol. The number of benzene rings is 2. The van der Waals surface area contributed by atoms with Gasteiger partial charge in [0.25, 0.3) is 5.91 Å². The molecule has 2 unspecified atom stereocenters. The molecule has 2 N–H and O–H groups in total. The number of fused-ring (bicyclic) bond motifs is 1. The third-order valence-corrected chi connectivity index (χ3v) is 6.86. The lowest BCUT2D eigenvalue weighted by atomic mass is 9.90. The number of amides is 2. The number of nitrogens with two attached hydrogens (primary N) is 1. The standard InChI is InChI=1S/C26H27N3O2/c1-16-6-4-11-24(25(27)30)28-23-12-13-29(15-22(16)23)26(31)21-14-20(21)19-10-5-8-17-7-2-3-9-18(17)19/h2-5,7-11,16,20-21H,6,12-15H2,1H3,(H2,27,30)/b11-4+,28-24+/t16?,20?,21-/m1/s1. The third kappa shape index (κ3) is 3.69. The molecule has 3 aliphatic rings. The van der Waals surface area contributed by atoms with Crippen molar-refractivity contribution in [1.82, 2.24) is 4.90 Å². The first-order valence-corrected chi connectivity index (χ1v) is 11.1. The van der Waals surface area contributed by atoms with Gasteiger partial charge in [0, 0.05) is 31.1 Å². The van der Waals surface area contributed by atoms with Crippen LogP contribution in [0.3, 0.4) is 0 Å². The molecule has 31 heavy (non-hydrogen) atoms. The SMILES string of the molecule is CC1C/C=C/C(C(N)=O)=N\C2=C1CN(C(=O)[C@@H]1CC1c1cccc3ccccc13)CC2. The molecular formula is C26H27N3O2. The summed E-state index contributed by atoms with van der Waals surface area (Å²) in [6.07, 6.45) is 6.07. The Morgan fingerprint density at radius 2 is 1.94 bits per heavy atom. The molecule has 2 aliphatic heterocycles. The summed E-state index contributed by atoms with van der Waals surface area (Å²) in [4.78, 5) is 31.6. The van der Waals surface area contributed by atoms with Crippen molar-refractivity contribution >= 4 is 28.3 Å². The van der Waals surface area contributed by atoms with E-state index in [9.17, 15) is 9.59 Å². The maximum absolute atomic E-state index is 13.4. The molecule has 5 heteroatoms. The van der Waals surface area contributed by atoms with Crippen molar-refractivity contribution in [3.8, 4) is 0 Å². The van der Waals surface area contributed by atoms with Crippen LogP contribution in [0.2, 0.25) is 0 Å². The highest BCUT2D eigenvalue weighted by Crippen LogP contribution is 2.50. The van der Waals surface area contributed by atoms with E-state index in [0.717, 1.165) is 24.1 Å². The molecule has 1 aliphatic carbocycles. The van der Waals surface area contributed by atoms with E-state index in [-0.39, 0.29) is 17.7 Å². The van der Waals surface area contributed by atoms with E-state index in [4.69, 9.17) is 5.73 Å². The number of rotatable bonds is 3. The van der Waals surface area contributed by atoms with Gasteiger partial charge >= 0.3 is 0 Å². The average Bonchev–Trinajstić information content (AvgIpc) is 3.57. The number of allylic oxidation sites excluding steroid dienone is 1. The highest BCUT2D eigenvalue weighted by atomic mass is 16.2. The summed E-state index contributed by atoms with van der Waals surface area (Å²) in [6, 6.07) is 14.8. The maximum Gasteiger partial charge on any atom is 0.267 e. The van der Waals surface area contributed by atoms with Crippen LogP contribution in [-0.4, -0.2) is 35.5 Å². The van der Waals surface area contributed by atoms with E-state index in [0.29, 0.717) is 31.1 Å². The molecule has 1 fully saturated rings. The largest absolute Gasteiger partial charge is 0.364 e. The second-order valence-corrected chi connectivity index (χ2v) is 8.90. The molecule has 0 saturated heterocycles. The van der Waals surface area contributed by atoms with Crippen LogP contribution in [0, 0.1) is 11.8 Å². The molecule has 2 amide bonds. The van der Waals surface area contributed by atoms with Crippen LogP contribution in [0.25, 0.3) is 10.8 Å². The van der Waals surface area contributed by atoms with Gasteiger partial charge in [-0.25, -0.2) is 4.99 Å². The van der Waals surface area contributed by atoms with Crippen molar-refractivity contribution < 1.29 is 9.59 Å². The van der Waals surface area contributed by atoms with Gasteiger partial charge in [0.15, 0.2) is 0 Å². The lowest BCUT2D eigenvalue weighted by Crippen LogP contribution is -2.39. The minimum Gasteiger partial charge on any atom is -0.364 e. The fraction of sp³-hybridized carbons (Fsp3) is 0.346. The molecule has 2 aromatic rings. The maximum atomic E-state index is 13.4. The zero-order valence-electron chi connectivity index (χ0n) is 17.8. The molecule has 0 radical (unpaired) electrons. The normalized spacial score (nSPS) is 28.2. The minimum absolute atomic E-state index is 0.0568. The molecule has 2 aromatic carbocycles. The molecule has 158 valence electrons. The summed E-state index contributed by atoms with van der Waals surface area (Å²) >= 11 is 0. The number of hydrogen-bond donors (Lipinski definition) is 1. The van der Waals surface area contributed by atoms with Crippen molar-refractivity contribution in [2.75, 3.05) is 13.1 Å². The van der Waals surface area contributed by atoms with Gasteiger partial charge in [-0.05, 0) is 52.7 Å². The van der Waals surface area contributed by atoms with E-state index < -0.39 is 5.91 Å². The molecule has 0 spiro atoms. The number of aliphatic imine (C=N–C) groups is 1. The van der Waals surface area contributed by atoms with Crippen molar-refractivity contribution in [3.05, 3.63) is 71.5 Å². The van der Waals surface area contributed by atoms with E-state index in [1.165, 1.54) is 16.3 Å². The van der Waals surface area contributed by atoms with Crippen LogP contribution in [0.5, 0.6) is 0 Å². The molecule has 0 aromatic heterocycles. The highest BCUT2D eigenvalue weighted by molar-refractivity contribution is 6.43. The Balaban J connectivity index is 1.36. The fourth-order valence-electron chi connectivity index (χ4n) is 5.00. The number of nitrogens with zero attached hydrogens (tertiary/aromatic N) is 2. The van der Waals surface area contributed by atoms with Crippen LogP contribution in [0.1, 0.15) is 37.7 Å². The van der Waals surface area contributed by atoms with Gasteiger partial charge in [-0.3, -0.25) is 9.59 Å². The number of carbonyl (C=O) groups is 2. The van der Waals surface area contributed by atoms with Crippen molar-refractivity contribution in [1.29, 1.82) is 0 Å². The van der Waals surface area contributed by atoms with Gasteiger partial charge in [-0.1, -0.05) is 55.5 Å². The van der Waals surface area contributed by atoms with Crippen LogP contribution in [-0.2, 0) is 9.59 Å². The Kier molecular flexibility index (Phi) is 4.97. The summed E-state index contributed by atoms with van der Waals surface area (Å²) in [5, 5.41) is 2.48. The molecule has 3 atom stereocenters. The zero-order chi connectivity index (χ0) is 21.5. The average molecular weight is 414 g/mol. The van der Waals surface area contributed by atoms with Crippen LogP contribution < -0.4 is 5.73 Å². The molecule has 2 heterocycles. The number of hydrogen-bond acceptors (Lipinski definition) is 3. The molecule has 1 saturated carbocycles. The van der Waals surface area contributed by atoms with Crippen LogP contribution >= 0.6 is 0 Å². The van der Waals surface area contributed by atoms with Gasteiger partial charge in [-0.2, -0.15) is 0 Å². The second kappa shape index (κ2) is 7.80. The molecule has 5 nitrogen and oxygen atoms in total. The first-order chi connectivity index (χ1) is 15.0. The molecule has 0 bridgehead atoms. The lowest BCUT2D eigenvalue weighted by molar-refractivity contribution is -0.132. The van der Waals surface area contributed by atoms with Crippen molar-refractivity contribution in [2.45, 2.75) is 32.1 Å². The highest BCUT2D eigenvalue weighted by Gasteiger charge is 2.47. The summed E-state index contributed by atoms with van der Waals surface area (Å²) in [7, 11) is 0. The summed E-state index contributed by atoms with van der Waals surface area (Å²) in [5.41, 5.74) is 9.14. The van der Waals surface area contributed by atoms with E-state index >= 15 is 0 Å². The quantitative estimate of drug-likeness (QED) is 0.827. The van der Waals surface area contributed by atoms with Gasteiger partial charge in [0.1, 0.15) is 5.71 Å². The Labute approximate surface area is 182 Å². The lowest BCUT2D eigenvalue weighted by Gasteiger charge is -2.33. The topological polar surface area (TPSA) is 75.8 Å². The summed E-state index contributed by atoms with van der Waals surface area (Å²) in [5.74, 6) is 0.376. The van der Waals surface area contributed by atoms with Gasteiger partial charge in [0.2, 0.25) is 5.91 Å². The monoisotopic (exact) mass is 413 g/mol. The van der Waals surface area contributed by atoms with Crippen LogP contribution in [0.15, 0.2) is 70.9 Å². The Bertz CT molecular complexity index is 1150.